The van der Waals surface area contributed by atoms with E-state index in [4.69, 9.17) is 21.2 Å². The van der Waals surface area contributed by atoms with Gasteiger partial charge in [0.2, 0.25) is 17.8 Å². The normalized spacial score (nSPS) is 16.3. The van der Waals surface area contributed by atoms with Crippen LogP contribution < -0.4 is 26.4 Å². The minimum atomic E-state index is -0.671. The summed E-state index contributed by atoms with van der Waals surface area (Å²) in [6, 6.07) is 6.49. The maximum Gasteiger partial charge on any atom is 0.297 e. The second kappa shape index (κ2) is 17.2. The van der Waals surface area contributed by atoms with Crippen molar-refractivity contribution < 1.29 is 29.0 Å². The van der Waals surface area contributed by atoms with Gasteiger partial charge in [0.25, 0.3) is 11.8 Å². The Morgan fingerprint density at radius 1 is 0.966 bits per heavy atom. The van der Waals surface area contributed by atoms with E-state index in [1.807, 2.05) is 30.2 Å². The summed E-state index contributed by atoms with van der Waals surface area (Å²) in [6.45, 7) is 7.46. The molecule has 0 atom stereocenters. The number of benzene rings is 1. The second-order valence-corrected chi connectivity index (χ2v) is 15.2. The number of amidine groups is 1. The van der Waals surface area contributed by atoms with Gasteiger partial charge < -0.3 is 30.8 Å². The Labute approximate surface area is 338 Å². The van der Waals surface area contributed by atoms with E-state index in [1.54, 1.807) is 33.6 Å². The zero-order valence-electron chi connectivity index (χ0n) is 32.7. The molecule has 7 rings (SSSR count). The van der Waals surface area contributed by atoms with E-state index in [-0.39, 0.29) is 30.3 Å². The molecule has 1 aromatic carbocycles. The zero-order valence-corrected chi connectivity index (χ0v) is 33.5. The molecule has 304 valence electrons. The van der Waals surface area contributed by atoms with Gasteiger partial charge >= 0.3 is 0 Å². The van der Waals surface area contributed by atoms with Crippen LogP contribution in [0.25, 0.3) is 11.0 Å². The summed E-state index contributed by atoms with van der Waals surface area (Å²) in [5.74, 6) is -1.00. The number of anilines is 2. The summed E-state index contributed by atoms with van der Waals surface area (Å²) in [6.07, 6.45) is 5.76. The highest BCUT2D eigenvalue weighted by molar-refractivity contribution is 8.14. The molecule has 0 radical (unpaired) electrons. The van der Waals surface area contributed by atoms with Crippen molar-refractivity contribution in [1.82, 2.24) is 34.1 Å². The first-order valence-corrected chi connectivity index (χ1v) is 20.2. The van der Waals surface area contributed by atoms with Gasteiger partial charge in [-0.15, -0.1) is 0 Å². The quantitative estimate of drug-likeness (QED) is 0.171. The van der Waals surface area contributed by atoms with Crippen LogP contribution in [-0.4, -0.2) is 87.8 Å². The molecule has 2 aliphatic heterocycles. The predicted molar refractivity (Wildman–Crippen MR) is 218 cm³/mol. The lowest BCUT2D eigenvalue weighted by Crippen LogP contribution is -2.28. The summed E-state index contributed by atoms with van der Waals surface area (Å²) in [5.41, 5.74) is 15.7. The van der Waals surface area contributed by atoms with E-state index in [9.17, 15) is 24.3 Å². The third-order valence-electron chi connectivity index (χ3n) is 10.1. The molecule has 6 N–H and O–H groups in total. The van der Waals surface area contributed by atoms with Crippen LogP contribution in [0.15, 0.2) is 40.4 Å². The lowest BCUT2D eigenvalue weighted by molar-refractivity contribution is 0.0985. The number of carbonyl (C=O) groups excluding carboxylic acids is 4. The maximum atomic E-state index is 14.2. The van der Waals surface area contributed by atoms with Crippen LogP contribution in [0.3, 0.4) is 0 Å². The largest absolute Gasteiger partial charge is 0.491 e. The molecule has 5 aromatic rings. The number of ether oxygens (including phenoxy) is 1. The molecule has 0 aliphatic carbocycles. The molecule has 0 unspecified atom stereocenters. The Morgan fingerprint density at radius 3 is 2.50 bits per heavy atom. The van der Waals surface area contributed by atoms with Gasteiger partial charge in [-0.2, -0.15) is 15.2 Å². The highest BCUT2D eigenvalue weighted by Gasteiger charge is 2.31. The van der Waals surface area contributed by atoms with Crippen LogP contribution in [0.2, 0.25) is 0 Å². The van der Waals surface area contributed by atoms with Crippen molar-refractivity contribution in [1.29, 1.82) is 0 Å². The fourth-order valence-corrected chi connectivity index (χ4v) is 8.34. The number of thioether (sulfide) groups is 1. The monoisotopic (exact) mass is 810 g/mol. The summed E-state index contributed by atoms with van der Waals surface area (Å²) in [7, 11) is 0. The number of rotatable bonds is 7. The zero-order chi connectivity index (χ0) is 41.1. The topological polar surface area (TPSA) is 244 Å². The Kier molecular flexibility index (Phi) is 11.9. The van der Waals surface area contributed by atoms with Gasteiger partial charge in [-0.1, -0.05) is 6.42 Å². The minimum absolute atomic E-state index is 0.0944. The van der Waals surface area contributed by atoms with E-state index in [0.717, 1.165) is 30.5 Å². The van der Waals surface area contributed by atoms with Gasteiger partial charge in [-0.25, -0.2) is 9.97 Å². The highest BCUT2D eigenvalue weighted by Crippen LogP contribution is 2.40. The van der Waals surface area contributed by atoms with Crippen LogP contribution in [0.4, 0.5) is 11.8 Å². The van der Waals surface area contributed by atoms with Crippen molar-refractivity contribution in [2.45, 2.75) is 90.2 Å². The molecular weight excluding hydrogens is 765 g/mol. The van der Waals surface area contributed by atoms with Gasteiger partial charge in [-0.3, -0.25) is 33.9 Å². The molecule has 2 aliphatic rings. The van der Waals surface area contributed by atoms with E-state index in [1.165, 1.54) is 18.0 Å². The molecule has 18 nitrogen and oxygen atoms in total. The molecular formula is C39H46N12O6S. The van der Waals surface area contributed by atoms with E-state index >= 15 is 0 Å². The van der Waals surface area contributed by atoms with Crippen LogP contribution in [0, 0.1) is 13.8 Å². The van der Waals surface area contributed by atoms with Crippen molar-refractivity contribution in [3.63, 3.8) is 0 Å². The molecule has 4 aromatic heterocycles. The Hall–Kier alpha value is -6.08. The number of nitrogens with zero attached hydrogens (tertiary/aromatic N) is 9. The average molecular weight is 811 g/mol. The number of hydrogen-bond acceptors (Lipinski definition) is 12. The third kappa shape index (κ3) is 8.17. The highest BCUT2D eigenvalue weighted by atomic mass is 32.2. The van der Waals surface area contributed by atoms with Crippen molar-refractivity contribution in [3.05, 3.63) is 69.9 Å². The van der Waals surface area contributed by atoms with Crippen LogP contribution in [0.1, 0.15) is 104 Å². The number of aliphatic hydroxyl groups excluding tert-OH is 1. The number of aromatic nitrogens is 7. The molecule has 0 bridgehead atoms. The number of nitrogens with two attached hydrogens (primary N) is 2. The summed E-state index contributed by atoms with van der Waals surface area (Å²) in [4.78, 5) is 69.2. The lowest BCUT2D eigenvalue weighted by atomic mass is 10.0. The van der Waals surface area contributed by atoms with Crippen LogP contribution in [-0.2, 0) is 26.1 Å². The number of imidazole rings is 1. The van der Waals surface area contributed by atoms with E-state index in [2.05, 4.69) is 25.5 Å². The van der Waals surface area contributed by atoms with Crippen molar-refractivity contribution in [2.75, 3.05) is 30.0 Å². The first-order chi connectivity index (χ1) is 28.0. The Bertz CT molecular complexity index is 2450. The number of amides is 4. The Morgan fingerprint density at radius 2 is 1.74 bits per heavy atom. The van der Waals surface area contributed by atoms with Gasteiger partial charge in [0.15, 0.2) is 5.17 Å². The molecule has 0 spiro atoms. The van der Waals surface area contributed by atoms with Gasteiger partial charge in [-0.05, 0) is 88.9 Å². The van der Waals surface area contributed by atoms with Gasteiger partial charge in [0.05, 0.1) is 34.0 Å². The van der Waals surface area contributed by atoms with Crippen molar-refractivity contribution in [3.8, 4) is 5.75 Å². The first kappa shape index (κ1) is 40.1. The SMILES string of the molecule is CCn1nc(C)c2c1C(=O)/N=C1\Sc3cc(C(N)=O)cnc3N1CCCCn1c(nc3cc(C(N)=O)cc(OCCCO)c31)NC(=O)c1cc(C)nn1CCCCC2. The number of carbonyl (C=O) groups is 4. The number of primary amides is 2. The van der Waals surface area contributed by atoms with E-state index in [0.29, 0.717) is 102 Å². The fraction of sp³-hybridized carbons (Fsp3) is 0.410. The average Bonchev–Trinajstić information content (AvgIpc) is 3.93. The van der Waals surface area contributed by atoms with E-state index < -0.39 is 23.6 Å². The van der Waals surface area contributed by atoms with Crippen molar-refractivity contribution in [2.24, 2.45) is 16.5 Å². The standard InChI is InChI=1S/C39H46N12O6S/c1-4-50-31-26(23(3)47-50)11-6-5-7-14-51-28(17-22(2)46-51)36(55)44-38-43-27-18-24(33(40)53)19-29(57-16-10-15-52)32(27)48(38)12-8-9-13-49-35-30(58-39(49)45-37(31)56)20-25(21-42-35)34(41)54/h17-21,52H,4-16H2,1-3H3,(H2,40,53)(H2,41,54)(H,43,44,55)/b45-39-. The van der Waals surface area contributed by atoms with Crippen LogP contribution >= 0.6 is 11.8 Å². The third-order valence-corrected chi connectivity index (χ3v) is 11.1. The number of fused-ring (bicyclic) bond motifs is 8. The number of nitrogens with one attached hydrogen (secondary N) is 1. The van der Waals surface area contributed by atoms with Gasteiger partial charge in [0.1, 0.15) is 28.5 Å². The summed E-state index contributed by atoms with van der Waals surface area (Å²) >= 11 is 1.25. The molecule has 0 saturated carbocycles. The predicted octanol–water partition coefficient (Wildman–Crippen LogP) is 3.99. The first-order valence-electron chi connectivity index (χ1n) is 19.3. The number of aryl methyl sites for hydroxylation is 5. The van der Waals surface area contributed by atoms with Gasteiger partial charge in [0, 0.05) is 56.5 Å². The number of aliphatic hydroxyl groups is 1. The molecule has 0 saturated heterocycles. The number of aliphatic imine (C=N–C) groups is 1. The fourth-order valence-electron chi connectivity index (χ4n) is 7.29. The number of hydrogen-bond donors (Lipinski definition) is 4. The smallest absolute Gasteiger partial charge is 0.297 e. The minimum Gasteiger partial charge on any atom is -0.491 e. The second-order valence-electron chi connectivity index (χ2n) is 14.2. The summed E-state index contributed by atoms with van der Waals surface area (Å²) < 4.78 is 11.3. The molecule has 4 amide bonds. The van der Waals surface area contributed by atoms with Crippen LogP contribution in [0.5, 0.6) is 5.75 Å². The molecule has 19 heteroatoms. The van der Waals surface area contributed by atoms with Crippen molar-refractivity contribution >= 4 is 63.4 Å². The molecule has 6 heterocycles. The summed E-state index contributed by atoms with van der Waals surface area (Å²) in [5, 5.41) is 22.2. The maximum absolute atomic E-state index is 14.2. The Balaban J connectivity index is 1.30. The molecule has 58 heavy (non-hydrogen) atoms. The molecule has 0 fully saturated rings. The lowest BCUT2D eigenvalue weighted by Gasteiger charge is -2.19. The number of pyridine rings is 1.